The molecule has 1 aliphatic carbocycles. The summed E-state index contributed by atoms with van der Waals surface area (Å²) in [5.41, 5.74) is 2.43. The molecule has 5 rings (SSSR count). The average molecular weight is 602 g/mol. The van der Waals surface area contributed by atoms with Crippen LogP contribution in [0, 0.1) is 0 Å². The normalized spacial score (nSPS) is 29.8. The zero-order valence-electron chi connectivity index (χ0n) is 20.9. The van der Waals surface area contributed by atoms with E-state index in [4.69, 9.17) is 47.7 Å². The lowest BCUT2D eigenvalue weighted by atomic mass is 10.1. The van der Waals surface area contributed by atoms with Crippen LogP contribution in [0.5, 0.6) is 5.75 Å². The number of aliphatic hydroxyl groups is 1. The Kier molecular flexibility index (Phi) is 7.21. The van der Waals surface area contributed by atoms with Crippen LogP contribution in [0.1, 0.15) is 13.2 Å². The number of imidazole rings is 1. The first-order chi connectivity index (χ1) is 18.5. The van der Waals surface area contributed by atoms with Crippen LogP contribution in [0.2, 0.25) is 0 Å². The molecule has 0 spiro atoms. The Balaban J connectivity index is 1.45. The highest BCUT2D eigenvalue weighted by atomic mass is 35.5. The average Bonchev–Trinajstić information content (AvgIpc) is 3.15. The van der Waals surface area contributed by atoms with Gasteiger partial charge in [-0.1, -0.05) is 18.2 Å². The Labute approximate surface area is 232 Å². The van der Waals surface area contributed by atoms with Crippen LogP contribution < -0.4 is 20.7 Å². The molecule has 1 aliphatic heterocycles. The molecule has 2 aromatic heterocycles. The third-order valence-electron chi connectivity index (χ3n) is 6.69. The number of nitrogens with one attached hydrogen (secondary N) is 2. The van der Waals surface area contributed by atoms with Crippen molar-refractivity contribution in [2.24, 2.45) is 0 Å². The molecule has 1 aromatic carbocycles. The summed E-state index contributed by atoms with van der Waals surface area (Å²) in [5.74, 6) is -0.361. The van der Waals surface area contributed by atoms with Crippen molar-refractivity contribution in [3.05, 3.63) is 36.7 Å². The fourth-order valence-corrected chi connectivity index (χ4v) is 7.83. The number of carbonyl (C=O) groups is 1. The number of halogens is 2. The van der Waals surface area contributed by atoms with E-state index in [9.17, 15) is 9.90 Å². The summed E-state index contributed by atoms with van der Waals surface area (Å²) in [5, 5.41) is 17.2. The van der Waals surface area contributed by atoms with Crippen LogP contribution >= 0.6 is 18.2 Å². The van der Waals surface area contributed by atoms with Gasteiger partial charge in [-0.25, -0.2) is 14.5 Å². The number of rotatable bonds is 10. The molecule has 1 saturated heterocycles. The third kappa shape index (κ3) is 4.42. The van der Waals surface area contributed by atoms with E-state index in [1.165, 1.54) is 24.9 Å². The van der Waals surface area contributed by atoms with Crippen molar-refractivity contribution in [3.63, 3.8) is 0 Å². The van der Waals surface area contributed by atoms with Crippen LogP contribution in [0.15, 0.2) is 36.7 Å². The van der Waals surface area contributed by atoms with E-state index in [1.54, 1.807) is 37.4 Å². The first-order valence-electron chi connectivity index (χ1n) is 11.7. The number of para-hydroxylation sites is 1. The van der Waals surface area contributed by atoms with Crippen LogP contribution in [0.4, 0.5) is 16.2 Å². The Hall–Kier alpha value is -2.65. The molecule has 17 heteroatoms. The molecule has 1 saturated carbocycles. The van der Waals surface area contributed by atoms with Gasteiger partial charge in [-0.05, 0) is 30.9 Å². The van der Waals surface area contributed by atoms with E-state index < -0.39 is 48.4 Å². The van der Waals surface area contributed by atoms with Crippen molar-refractivity contribution in [1.82, 2.24) is 24.6 Å². The Bertz CT molecular complexity index is 1450. The molecule has 0 amide bonds. The number of esters is 1. The number of hydrogen-bond donors (Lipinski definition) is 4. The largest absolute Gasteiger partial charge is 0.468 e. The van der Waals surface area contributed by atoms with Crippen LogP contribution in [-0.4, -0.2) is 80.2 Å². The number of carbonyl (C=O) groups excluding carboxylic acids is 1. The molecular weight excluding hydrogens is 576 g/mol. The van der Waals surface area contributed by atoms with Gasteiger partial charge in [-0.3, -0.25) is 13.9 Å². The van der Waals surface area contributed by atoms with Crippen molar-refractivity contribution >= 4 is 58.9 Å². The second-order valence-electron chi connectivity index (χ2n) is 9.02. The maximum atomic E-state index is 16.1. The van der Waals surface area contributed by atoms with Crippen molar-refractivity contribution < 1.29 is 32.8 Å². The summed E-state index contributed by atoms with van der Waals surface area (Å²) in [6.07, 6.45) is -3.44. The lowest BCUT2D eigenvalue weighted by molar-refractivity contribution is -0.142. The molecule has 0 radical (unpaired) electrons. The van der Waals surface area contributed by atoms with Crippen LogP contribution in [0.3, 0.4) is 0 Å². The van der Waals surface area contributed by atoms with Gasteiger partial charge in [0.25, 0.3) is 0 Å². The molecule has 39 heavy (non-hydrogen) atoms. The van der Waals surface area contributed by atoms with Crippen molar-refractivity contribution in [3.8, 4) is 5.75 Å². The standard InChI is InChI=1S/C22H26ClFN7O6PS/c1-11(18(32)34-3)30-38(39,36-12-7-5-4-6-8-12)37-19-21(9-23)22(19,33)14(24)17(35-21)31-10-27-13-15(26-2)28-20(25)29-16(13)31/h4-8,10-11,14,17,19,33H,9H2,1-3H3,(H,30,39)(H3,25,26,28,29)/t11-,14-,17+,19?,21+,22+,38?/m0/s1. The second-order valence-corrected chi connectivity index (χ2v) is 12.4. The minimum Gasteiger partial charge on any atom is -0.468 e. The number of nitrogens with zero attached hydrogens (tertiary/aromatic N) is 4. The fourth-order valence-electron chi connectivity index (χ4n) is 4.68. The summed E-state index contributed by atoms with van der Waals surface area (Å²) in [4.78, 5) is 24.6. The number of hydrogen-bond acceptors (Lipinski definition) is 12. The topological polar surface area (TPSA) is 168 Å². The number of fused-ring (bicyclic) bond motifs is 2. The predicted molar refractivity (Wildman–Crippen MR) is 144 cm³/mol. The van der Waals surface area contributed by atoms with Gasteiger partial charge in [0.05, 0.1) is 19.3 Å². The molecule has 7 atom stereocenters. The zero-order chi connectivity index (χ0) is 28.2. The van der Waals surface area contributed by atoms with Crippen LogP contribution in [-0.2, 0) is 30.6 Å². The maximum Gasteiger partial charge on any atom is 0.323 e. The molecule has 3 aromatic rings. The molecule has 2 unspecified atom stereocenters. The van der Waals surface area contributed by atoms with E-state index in [0.29, 0.717) is 17.1 Å². The molecule has 0 bridgehead atoms. The Morgan fingerprint density at radius 2 is 2.13 bits per heavy atom. The quantitative estimate of drug-likeness (QED) is 0.151. The fraction of sp³-hybridized carbons (Fsp3) is 0.455. The number of methoxy groups -OCH3 is 1. The van der Waals surface area contributed by atoms with Gasteiger partial charge >= 0.3 is 12.6 Å². The van der Waals surface area contributed by atoms with Crippen molar-refractivity contribution in [1.29, 1.82) is 0 Å². The minimum absolute atomic E-state index is 0.0660. The van der Waals surface area contributed by atoms with Crippen LogP contribution in [0.25, 0.3) is 11.2 Å². The predicted octanol–water partition coefficient (Wildman–Crippen LogP) is 1.88. The highest BCUT2D eigenvalue weighted by molar-refractivity contribution is 8.09. The number of nitrogens with two attached hydrogens (primary N) is 1. The Morgan fingerprint density at radius 3 is 2.74 bits per heavy atom. The second kappa shape index (κ2) is 10.1. The molecule has 13 nitrogen and oxygen atoms in total. The summed E-state index contributed by atoms with van der Waals surface area (Å²) >= 11 is 11.9. The molecule has 2 fully saturated rings. The van der Waals surface area contributed by atoms with Crippen molar-refractivity contribution in [2.45, 2.75) is 42.7 Å². The van der Waals surface area contributed by atoms with Gasteiger partial charge in [-0.2, -0.15) is 9.97 Å². The smallest absolute Gasteiger partial charge is 0.323 e. The monoisotopic (exact) mass is 601 g/mol. The lowest BCUT2D eigenvalue weighted by Gasteiger charge is -2.29. The maximum absolute atomic E-state index is 16.1. The number of alkyl halides is 2. The Morgan fingerprint density at radius 1 is 1.41 bits per heavy atom. The van der Waals surface area contributed by atoms with Gasteiger partial charge in [0.2, 0.25) is 5.95 Å². The first kappa shape index (κ1) is 27.9. The number of ether oxygens (including phenoxy) is 2. The number of nitrogen functional groups attached to an aromatic ring is 1. The summed E-state index contributed by atoms with van der Waals surface area (Å²) in [6, 6.07) is 7.54. The zero-order valence-corrected chi connectivity index (χ0v) is 23.4. The minimum atomic E-state index is -3.62. The molecule has 5 N–H and O–H groups in total. The van der Waals surface area contributed by atoms with E-state index in [1.807, 2.05) is 0 Å². The lowest BCUT2D eigenvalue weighted by Crippen LogP contribution is -2.37. The third-order valence-corrected chi connectivity index (χ3v) is 9.53. The van der Waals surface area contributed by atoms with Crippen molar-refractivity contribution in [2.75, 3.05) is 31.1 Å². The van der Waals surface area contributed by atoms with E-state index in [2.05, 4.69) is 25.4 Å². The highest BCUT2D eigenvalue weighted by Crippen LogP contribution is 2.69. The van der Waals surface area contributed by atoms with Gasteiger partial charge < -0.3 is 30.2 Å². The SMILES string of the molecule is CNc1nc(N)nc2c1ncn2[C@@H]1O[C@]2(CCl)C(OP(=S)(N[C@@H](C)C(=O)OC)Oc3ccccc3)[C@]2(O)[C@H]1F. The number of anilines is 2. The first-order valence-corrected chi connectivity index (χ1v) is 14.9. The molecular formula is C22H26ClFN7O6PS. The van der Waals surface area contributed by atoms with Gasteiger partial charge in [0.15, 0.2) is 35.0 Å². The van der Waals surface area contributed by atoms with E-state index >= 15 is 4.39 Å². The summed E-state index contributed by atoms with van der Waals surface area (Å²) < 4.78 is 40.2. The molecule has 2 aliphatic rings. The summed E-state index contributed by atoms with van der Waals surface area (Å²) in [6.45, 7) is -2.11. The summed E-state index contributed by atoms with van der Waals surface area (Å²) in [7, 11) is 2.85. The molecule has 210 valence electrons. The van der Waals surface area contributed by atoms with Gasteiger partial charge in [0, 0.05) is 7.05 Å². The molecule has 3 heterocycles. The number of aromatic nitrogens is 4. The number of benzene rings is 1. The highest BCUT2D eigenvalue weighted by Gasteiger charge is 2.89. The van der Waals surface area contributed by atoms with E-state index in [0.717, 1.165) is 0 Å². The van der Waals surface area contributed by atoms with E-state index in [-0.39, 0.29) is 17.5 Å². The van der Waals surface area contributed by atoms with Gasteiger partial charge in [0.1, 0.15) is 23.5 Å². The van der Waals surface area contributed by atoms with Gasteiger partial charge in [-0.15, -0.1) is 11.6 Å².